The summed E-state index contributed by atoms with van der Waals surface area (Å²) >= 11 is 4.72. The predicted molar refractivity (Wildman–Crippen MR) is 93.8 cm³/mol. The summed E-state index contributed by atoms with van der Waals surface area (Å²) in [5.41, 5.74) is 1.78. The number of amidine groups is 1. The maximum absolute atomic E-state index is 11.9. The van der Waals surface area contributed by atoms with Crippen molar-refractivity contribution >= 4 is 56.4 Å². The van der Waals surface area contributed by atoms with Crippen molar-refractivity contribution in [3.8, 4) is 0 Å². The number of nitrogens with one attached hydrogen (secondary N) is 3. The van der Waals surface area contributed by atoms with Crippen LogP contribution in [-0.2, 0) is 9.59 Å². The Hall–Kier alpha value is -2.20. The second-order valence-electron chi connectivity index (χ2n) is 5.02. The number of thioether (sulfide) groups is 1. The summed E-state index contributed by atoms with van der Waals surface area (Å²) in [5.74, 6) is -0.351. The number of hydrogen-bond donors (Lipinski definition) is 3. The van der Waals surface area contributed by atoms with Crippen LogP contribution in [0.5, 0.6) is 0 Å². The first-order valence-corrected chi connectivity index (χ1v) is 8.73. The molecule has 1 fully saturated rings. The van der Waals surface area contributed by atoms with Crippen LogP contribution in [-0.4, -0.2) is 40.5 Å². The van der Waals surface area contributed by atoms with Gasteiger partial charge in [0, 0.05) is 10.2 Å². The Morgan fingerprint density at radius 3 is 2.62 bits per heavy atom. The second-order valence-corrected chi connectivity index (χ2v) is 6.89. The number of hydrogen-bond acceptors (Lipinski definition) is 6. The molecule has 3 N–H and O–H groups in total. The molecule has 1 unspecified atom stereocenters. The molecule has 0 aliphatic carbocycles. The monoisotopic (exact) mass is 409 g/mol. The van der Waals surface area contributed by atoms with Crippen LogP contribution in [0, 0.1) is 0 Å². The number of nitrogens with zero attached hydrogens (tertiary/aromatic N) is 2. The average molecular weight is 410 g/mol. The lowest BCUT2D eigenvalue weighted by molar-refractivity contribution is -0.125. The molecule has 2 aliphatic heterocycles. The number of halogens is 1. The lowest BCUT2D eigenvalue weighted by Crippen LogP contribution is -2.38. The Morgan fingerprint density at radius 1 is 1.29 bits per heavy atom. The van der Waals surface area contributed by atoms with Gasteiger partial charge in [0.25, 0.3) is 5.91 Å². The first kappa shape index (κ1) is 16.7. The van der Waals surface area contributed by atoms with Crippen molar-refractivity contribution in [2.24, 2.45) is 10.2 Å². The van der Waals surface area contributed by atoms with Gasteiger partial charge in [0.1, 0.15) is 6.04 Å². The first-order chi connectivity index (χ1) is 11.5. The third kappa shape index (κ3) is 4.01. The molecule has 4 amide bonds. The van der Waals surface area contributed by atoms with Crippen LogP contribution in [0.2, 0.25) is 0 Å². The SMILES string of the molecule is O=C(CC1NC(=O)NC1=O)NC1=NN=C(c2ccc(Br)cc2)CS1. The van der Waals surface area contributed by atoms with Crippen molar-refractivity contribution in [3.63, 3.8) is 0 Å². The molecule has 0 saturated carbocycles. The molecule has 0 spiro atoms. The minimum absolute atomic E-state index is 0.152. The van der Waals surface area contributed by atoms with Crippen LogP contribution in [0.1, 0.15) is 12.0 Å². The number of urea groups is 1. The third-order valence-corrected chi connectivity index (χ3v) is 4.68. The minimum atomic E-state index is -0.853. The molecular weight excluding hydrogens is 398 g/mol. The highest BCUT2D eigenvalue weighted by atomic mass is 79.9. The highest BCUT2D eigenvalue weighted by Crippen LogP contribution is 2.17. The van der Waals surface area contributed by atoms with Gasteiger partial charge in [-0.2, -0.15) is 5.10 Å². The van der Waals surface area contributed by atoms with Gasteiger partial charge in [-0.25, -0.2) is 4.79 Å². The van der Waals surface area contributed by atoms with Crippen LogP contribution in [0.4, 0.5) is 4.79 Å². The van der Waals surface area contributed by atoms with E-state index < -0.39 is 23.9 Å². The van der Waals surface area contributed by atoms with E-state index in [2.05, 4.69) is 42.1 Å². The number of rotatable bonds is 3. The lowest BCUT2D eigenvalue weighted by Gasteiger charge is -2.13. The van der Waals surface area contributed by atoms with Gasteiger partial charge in [-0.15, -0.1) is 5.10 Å². The van der Waals surface area contributed by atoms with E-state index in [0.717, 1.165) is 15.7 Å². The highest BCUT2D eigenvalue weighted by molar-refractivity contribution is 9.10. The fourth-order valence-electron chi connectivity index (χ4n) is 2.10. The van der Waals surface area contributed by atoms with Crippen molar-refractivity contribution in [1.82, 2.24) is 16.0 Å². The third-order valence-electron chi connectivity index (χ3n) is 3.28. The van der Waals surface area contributed by atoms with Crippen LogP contribution in [0.15, 0.2) is 38.9 Å². The summed E-state index contributed by atoms with van der Waals surface area (Å²) in [6, 6.07) is 6.27. The van der Waals surface area contributed by atoms with Crippen LogP contribution >= 0.6 is 27.7 Å². The van der Waals surface area contributed by atoms with Crippen LogP contribution in [0.3, 0.4) is 0 Å². The molecule has 1 saturated heterocycles. The van der Waals surface area contributed by atoms with E-state index in [9.17, 15) is 14.4 Å². The summed E-state index contributed by atoms with van der Waals surface area (Å²) in [4.78, 5) is 34.3. The zero-order valence-corrected chi connectivity index (χ0v) is 14.6. The molecule has 24 heavy (non-hydrogen) atoms. The summed E-state index contributed by atoms with van der Waals surface area (Å²) in [7, 11) is 0. The van der Waals surface area contributed by atoms with E-state index in [4.69, 9.17) is 0 Å². The smallest absolute Gasteiger partial charge is 0.322 e. The molecule has 0 aromatic heterocycles. The first-order valence-electron chi connectivity index (χ1n) is 6.96. The molecule has 8 nitrogen and oxygen atoms in total. The summed E-state index contributed by atoms with van der Waals surface area (Å²) in [5, 5.41) is 15.5. The lowest BCUT2D eigenvalue weighted by atomic mass is 10.1. The largest absolute Gasteiger partial charge is 0.325 e. The molecule has 0 bridgehead atoms. The summed E-state index contributed by atoms with van der Waals surface area (Å²) in [6.45, 7) is 0. The van der Waals surface area contributed by atoms with Crippen molar-refractivity contribution in [3.05, 3.63) is 34.3 Å². The number of imide groups is 1. The van der Waals surface area contributed by atoms with E-state index in [0.29, 0.717) is 10.9 Å². The van der Waals surface area contributed by atoms with Gasteiger partial charge in [0.05, 0.1) is 12.1 Å². The topological polar surface area (TPSA) is 112 Å². The zero-order valence-electron chi connectivity index (χ0n) is 12.2. The van der Waals surface area contributed by atoms with E-state index in [1.165, 1.54) is 11.8 Å². The number of amides is 4. The van der Waals surface area contributed by atoms with Crippen molar-refractivity contribution in [1.29, 1.82) is 0 Å². The van der Waals surface area contributed by atoms with E-state index in [1.54, 1.807) is 0 Å². The second kappa shape index (κ2) is 7.14. The van der Waals surface area contributed by atoms with E-state index in [-0.39, 0.29) is 6.42 Å². The Balaban J connectivity index is 1.58. The van der Waals surface area contributed by atoms with Crippen molar-refractivity contribution in [2.75, 3.05) is 5.75 Å². The minimum Gasteiger partial charge on any atom is -0.325 e. The van der Waals surface area contributed by atoms with E-state index in [1.807, 2.05) is 24.3 Å². The fourth-order valence-corrected chi connectivity index (χ4v) is 3.15. The van der Waals surface area contributed by atoms with Gasteiger partial charge in [0.15, 0.2) is 5.17 Å². The summed E-state index contributed by atoms with van der Waals surface area (Å²) < 4.78 is 0.981. The fraction of sp³-hybridized carbons (Fsp3) is 0.214. The van der Waals surface area contributed by atoms with Gasteiger partial charge in [-0.05, 0) is 17.7 Å². The Morgan fingerprint density at radius 2 is 2.04 bits per heavy atom. The molecular formula is C14H12BrN5O3S. The van der Waals surface area contributed by atoms with Crippen molar-refractivity contribution < 1.29 is 14.4 Å². The highest BCUT2D eigenvalue weighted by Gasteiger charge is 2.31. The van der Waals surface area contributed by atoms with Crippen molar-refractivity contribution in [2.45, 2.75) is 12.5 Å². The molecule has 124 valence electrons. The maximum Gasteiger partial charge on any atom is 0.322 e. The summed E-state index contributed by atoms with van der Waals surface area (Å²) in [6.07, 6.45) is -0.152. The molecule has 1 aromatic rings. The van der Waals surface area contributed by atoms with Gasteiger partial charge in [-0.1, -0.05) is 39.8 Å². The number of benzene rings is 1. The molecule has 2 aliphatic rings. The van der Waals surface area contributed by atoms with Crippen LogP contribution in [0.25, 0.3) is 0 Å². The quantitative estimate of drug-likeness (QED) is 0.645. The van der Waals surface area contributed by atoms with Gasteiger partial charge in [0.2, 0.25) is 5.91 Å². The molecule has 1 atom stereocenters. The average Bonchev–Trinajstić information content (AvgIpc) is 2.86. The van der Waals surface area contributed by atoms with Crippen LogP contribution < -0.4 is 16.0 Å². The molecule has 3 rings (SSSR count). The Bertz CT molecular complexity index is 762. The Kier molecular flexibility index (Phi) is 4.95. The predicted octanol–water partition coefficient (Wildman–Crippen LogP) is 0.970. The zero-order chi connectivity index (χ0) is 17.1. The standard InChI is InChI=1S/C14H12BrN5O3S/c15-8-3-1-7(2-4-8)10-6-24-14(20-19-10)17-11(21)5-9-12(22)18-13(23)16-9/h1-4,9H,5-6H2,(H,17,20,21)(H2,16,18,22,23). The van der Waals surface area contributed by atoms with E-state index >= 15 is 0 Å². The van der Waals surface area contributed by atoms with Gasteiger partial charge >= 0.3 is 6.03 Å². The maximum atomic E-state index is 11.9. The van der Waals surface area contributed by atoms with Gasteiger partial charge < -0.3 is 10.6 Å². The molecule has 1 aromatic carbocycles. The number of carbonyl (C=O) groups excluding carboxylic acids is 3. The molecule has 2 heterocycles. The number of carbonyl (C=O) groups is 3. The molecule has 10 heteroatoms. The van der Waals surface area contributed by atoms with Gasteiger partial charge in [-0.3, -0.25) is 14.9 Å². The normalized spacial score (nSPS) is 20.0. The molecule has 0 radical (unpaired) electrons. The Labute approximate surface area is 149 Å².